The molecule has 7 heteroatoms. The van der Waals surface area contributed by atoms with Crippen LogP contribution in [0.25, 0.3) is 5.65 Å². The molecule has 2 aromatic heterocycles. The Hall–Kier alpha value is -1.66. The SMILES string of the molecule is Cc1cc2nc(C(F)F)cc(C(F)F)n2n1. The Balaban J connectivity index is 2.73. The molecule has 0 fully saturated rings. The molecule has 0 saturated carbocycles. The first-order chi connectivity index (χ1) is 7.49. The van der Waals surface area contributed by atoms with Crippen LogP contribution in [0.1, 0.15) is 29.9 Å². The van der Waals surface area contributed by atoms with Gasteiger partial charge in [-0.3, -0.25) is 0 Å². The maximum Gasteiger partial charge on any atom is 0.280 e. The van der Waals surface area contributed by atoms with Gasteiger partial charge in [0.25, 0.3) is 12.9 Å². The van der Waals surface area contributed by atoms with Gasteiger partial charge in [0.05, 0.1) is 5.69 Å². The number of aromatic nitrogens is 3. The Bertz CT molecular complexity index is 521. The molecule has 0 spiro atoms. The molecule has 0 N–H and O–H groups in total. The van der Waals surface area contributed by atoms with E-state index in [1.165, 1.54) is 6.07 Å². The fourth-order valence-corrected chi connectivity index (χ4v) is 1.40. The van der Waals surface area contributed by atoms with E-state index in [0.29, 0.717) is 11.8 Å². The van der Waals surface area contributed by atoms with Crippen molar-refractivity contribution in [3.05, 3.63) is 29.2 Å². The quantitative estimate of drug-likeness (QED) is 0.746. The van der Waals surface area contributed by atoms with Gasteiger partial charge in [0, 0.05) is 6.07 Å². The van der Waals surface area contributed by atoms with Crippen molar-refractivity contribution in [3.63, 3.8) is 0 Å². The van der Waals surface area contributed by atoms with Gasteiger partial charge in [0.15, 0.2) is 5.65 Å². The first-order valence-corrected chi connectivity index (χ1v) is 4.42. The second-order valence-corrected chi connectivity index (χ2v) is 3.26. The van der Waals surface area contributed by atoms with Crippen molar-refractivity contribution in [3.8, 4) is 0 Å². The molecule has 86 valence electrons. The topological polar surface area (TPSA) is 30.2 Å². The summed E-state index contributed by atoms with van der Waals surface area (Å²) < 4.78 is 50.9. The Morgan fingerprint density at radius 3 is 2.38 bits per heavy atom. The molecule has 0 amide bonds. The van der Waals surface area contributed by atoms with Gasteiger partial charge in [-0.05, 0) is 13.0 Å². The number of nitrogens with zero attached hydrogens (tertiary/aromatic N) is 3. The van der Waals surface area contributed by atoms with Gasteiger partial charge in [0.2, 0.25) is 0 Å². The van der Waals surface area contributed by atoms with E-state index in [1.54, 1.807) is 6.92 Å². The molecule has 0 radical (unpaired) electrons. The largest absolute Gasteiger partial charge is 0.280 e. The van der Waals surface area contributed by atoms with Gasteiger partial charge in [-0.2, -0.15) is 5.10 Å². The van der Waals surface area contributed by atoms with E-state index in [-0.39, 0.29) is 5.65 Å². The van der Waals surface area contributed by atoms with Crippen LogP contribution in [0.15, 0.2) is 12.1 Å². The molecule has 0 unspecified atom stereocenters. The molecule has 0 aliphatic heterocycles. The molecular weight excluding hydrogens is 226 g/mol. The first-order valence-electron chi connectivity index (χ1n) is 4.42. The van der Waals surface area contributed by atoms with Crippen LogP contribution in [0, 0.1) is 6.92 Å². The molecule has 0 saturated heterocycles. The third-order valence-electron chi connectivity index (χ3n) is 2.04. The maximum atomic E-state index is 12.6. The lowest BCUT2D eigenvalue weighted by atomic mass is 10.3. The molecule has 0 aliphatic rings. The number of rotatable bonds is 2. The lowest BCUT2D eigenvalue weighted by molar-refractivity contribution is 0.135. The van der Waals surface area contributed by atoms with Crippen LogP contribution in [0.4, 0.5) is 17.6 Å². The third-order valence-corrected chi connectivity index (χ3v) is 2.04. The van der Waals surface area contributed by atoms with Crippen molar-refractivity contribution in [2.45, 2.75) is 19.8 Å². The number of alkyl halides is 4. The zero-order valence-electron chi connectivity index (χ0n) is 8.16. The van der Waals surface area contributed by atoms with E-state index in [4.69, 9.17) is 0 Å². The van der Waals surface area contributed by atoms with Crippen LogP contribution in [0.2, 0.25) is 0 Å². The number of halogens is 4. The maximum absolute atomic E-state index is 12.6. The molecule has 0 bridgehead atoms. The Morgan fingerprint density at radius 2 is 1.81 bits per heavy atom. The minimum Gasteiger partial charge on any atom is -0.228 e. The molecule has 2 aromatic rings. The van der Waals surface area contributed by atoms with Gasteiger partial charge in [-0.25, -0.2) is 27.1 Å². The Labute approximate surface area is 87.7 Å². The van der Waals surface area contributed by atoms with Crippen LogP contribution in [-0.2, 0) is 0 Å². The normalized spacial score (nSPS) is 11.9. The number of fused-ring (bicyclic) bond motifs is 1. The monoisotopic (exact) mass is 233 g/mol. The fourth-order valence-electron chi connectivity index (χ4n) is 1.40. The van der Waals surface area contributed by atoms with E-state index in [2.05, 4.69) is 10.1 Å². The Morgan fingerprint density at radius 1 is 1.12 bits per heavy atom. The highest BCUT2D eigenvalue weighted by Crippen LogP contribution is 2.25. The smallest absolute Gasteiger partial charge is 0.228 e. The zero-order valence-corrected chi connectivity index (χ0v) is 8.16. The van der Waals surface area contributed by atoms with Crippen LogP contribution in [0.5, 0.6) is 0 Å². The van der Waals surface area contributed by atoms with E-state index >= 15 is 0 Å². The van der Waals surface area contributed by atoms with Crippen LogP contribution < -0.4 is 0 Å². The highest BCUT2D eigenvalue weighted by molar-refractivity contribution is 5.42. The van der Waals surface area contributed by atoms with Crippen molar-refractivity contribution < 1.29 is 17.6 Å². The van der Waals surface area contributed by atoms with Crippen LogP contribution in [0.3, 0.4) is 0 Å². The number of hydrogen-bond acceptors (Lipinski definition) is 2. The average Bonchev–Trinajstić information content (AvgIpc) is 2.55. The van der Waals surface area contributed by atoms with Gasteiger partial charge in [0.1, 0.15) is 11.4 Å². The number of hydrogen-bond donors (Lipinski definition) is 0. The van der Waals surface area contributed by atoms with Crippen molar-refractivity contribution in [2.24, 2.45) is 0 Å². The lowest BCUT2D eigenvalue weighted by Crippen LogP contribution is -2.04. The van der Waals surface area contributed by atoms with Crippen LogP contribution >= 0.6 is 0 Å². The summed E-state index contributed by atoms with van der Waals surface area (Å²) >= 11 is 0. The Kier molecular flexibility index (Phi) is 2.53. The molecule has 16 heavy (non-hydrogen) atoms. The summed E-state index contributed by atoms with van der Waals surface area (Å²) in [5.74, 6) is 0. The highest BCUT2D eigenvalue weighted by atomic mass is 19.3. The average molecular weight is 233 g/mol. The highest BCUT2D eigenvalue weighted by Gasteiger charge is 2.19. The molecular formula is C9H7F4N3. The summed E-state index contributed by atoms with van der Waals surface area (Å²) in [5.41, 5.74) is -0.789. The molecule has 2 rings (SSSR count). The van der Waals surface area contributed by atoms with E-state index in [1.807, 2.05) is 0 Å². The minimum absolute atomic E-state index is 0.00519. The summed E-state index contributed by atoms with van der Waals surface area (Å²) in [6, 6.07) is 2.05. The second kappa shape index (κ2) is 3.73. The predicted molar refractivity (Wildman–Crippen MR) is 47.6 cm³/mol. The fraction of sp³-hybridized carbons (Fsp3) is 0.333. The second-order valence-electron chi connectivity index (χ2n) is 3.26. The molecule has 3 nitrogen and oxygen atoms in total. The third kappa shape index (κ3) is 1.72. The summed E-state index contributed by atoms with van der Waals surface area (Å²) in [4.78, 5) is 3.56. The van der Waals surface area contributed by atoms with Gasteiger partial charge in [-0.1, -0.05) is 0 Å². The molecule has 0 atom stereocenters. The van der Waals surface area contributed by atoms with Crippen molar-refractivity contribution in [1.82, 2.24) is 14.6 Å². The van der Waals surface area contributed by atoms with Crippen molar-refractivity contribution in [1.29, 1.82) is 0 Å². The number of aryl methyl sites for hydroxylation is 1. The van der Waals surface area contributed by atoms with E-state index in [9.17, 15) is 17.6 Å². The summed E-state index contributed by atoms with van der Waals surface area (Å²) in [5, 5.41) is 3.76. The summed E-state index contributed by atoms with van der Waals surface area (Å²) in [6.45, 7) is 1.58. The standard InChI is InChI=1S/C9H7F4N3/c1-4-2-7-14-5(8(10)11)3-6(9(12)13)16(7)15-4/h2-3,8-9H,1H3. The van der Waals surface area contributed by atoms with Crippen molar-refractivity contribution in [2.75, 3.05) is 0 Å². The van der Waals surface area contributed by atoms with Crippen LogP contribution in [-0.4, -0.2) is 14.6 Å². The predicted octanol–water partition coefficient (Wildman–Crippen LogP) is 2.91. The lowest BCUT2D eigenvalue weighted by Gasteiger charge is -2.06. The summed E-state index contributed by atoms with van der Waals surface area (Å²) in [6.07, 6.45) is -5.75. The summed E-state index contributed by atoms with van der Waals surface area (Å²) in [7, 11) is 0. The van der Waals surface area contributed by atoms with Gasteiger partial charge >= 0.3 is 0 Å². The van der Waals surface area contributed by atoms with E-state index in [0.717, 1.165) is 4.52 Å². The minimum atomic E-state index is -2.88. The van der Waals surface area contributed by atoms with Crippen molar-refractivity contribution >= 4 is 5.65 Å². The van der Waals surface area contributed by atoms with Gasteiger partial charge < -0.3 is 0 Å². The molecule has 2 heterocycles. The van der Waals surface area contributed by atoms with Gasteiger partial charge in [-0.15, -0.1) is 0 Å². The molecule has 0 aliphatic carbocycles. The first kappa shape index (κ1) is 10.8. The molecule has 0 aromatic carbocycles. The zero-order chi connectivity index (χ0) is 11.9. The van der Waals surface area contributed by atoms with E-state index < -0.39 is 24.2 Å².